The summed E-state index contributed by atoms with van der Waals surface area (Å²) in [5, 5.41) is 0. The molecule has 0 aromatic carbocycles. The molecule has 0 bridgehead atoms. The van der Waals surface area contributed by atoms with E-state index in [0.717, 1.165) is 12.8 Å². The maximum absolute atomic E-state index is 8.86. The van der Waals surface area contributed by atoms with E-state index < -0.39 is 0 Å². The van der Waals surface area contributed by atoms with Crippen molar-refractivity contribution in [2.24, 2.45) is 0 Å². The van der Waals surface area contributed by atoms with Gasteiger partial charge in [0.1, 0.15) is 5.76 Å². The molecule has 4 heteroatoms. The molecule has 0 atom stereocenters. The molecule has 0 aromatic rings. The fourth-order valence-corrected chi connectivity index (χ4v) is 1.22. The number of ether oxygens (including phenoxy) is 2. The van der Waals surface area contributed by atoms with Crippen molar-refractivity contribution in [2.75, 3.05) is 13.2 Å². The molecule has 0 N–H and O–H groups in total. The zero-order valence-electron chi connectivity index (χ0n) is 9.77. The van der Waals surface area contributed by atoms with Crippen molar-refractivity contribution in [1.82, 2.24) is 0 Å². The lowest BCUT2D eigenvalue weighted by Gasteiger charge is -2.12. The molecule has 1 rings (SSSR count). The van der Waals surface area contributed by atoms with Gasteiger partial charge in [0.05, 0.1) is 25.7 Å². The second kappa shape index (κ2) is 6.85. The SMILES string of the molecule is CCCOC1=CC(=[N+]=[N-])C(OCCC)=C[CH]1. The second-order valence-corrected chi connectivity index (χ2v) is 3.43. The molecular formula is C12H17N2O2. The summed E-state index contributed by atoms with van der Waals surface area (Å²) in [5.74, 6) is 1.27. The number of hydrogen-bond acceptors (Lipinski definition) is 2. The van der Waals surface area contributed by atoms with Crippen molar-refractivity contribution < 1.29 is 14.3 Å². The number of allylic oxidation sites excluding steroid dienone is 2. The first-order valence-corrected chi connectivity index (χ1v) is 5.56. The highest BCUT2D eigenvalue weighted by atomic mass is 16.5. The minimum Gasteiger partial charge on any atom is -0.497 e. The molecule has 1 aliphatic carbocycles. The average Bonchev–Trinajstić information content (AvgIpc) is 2.34. The van der Waals surface area contributed by atoms with Gasteiger partial charge in [-0.3, -0.25) is 0 Å². The van der Waals surface area contributed by atoms with Crippen LogP contribution in [0, 0.1) is 6.42 Å². The summed E-state index contributed by atoms with van der Waals surface area (Å²) in [6.07, 6.45) is 7.10. The maximum Gasteiger partial charge on any atom is 0.359 e. The standard InChI is InChI=1S/C12H17N2O2/c1-3-7-15-10-5-6-12(16-8-4-2)11(9-10)14-13/h5-6,9H,3-4,7-8H2,1-2H3. The van der Waals surface area contributed by atoms with Gasteiger partial charge in [0, 0.05) is 0 Å². The third-order valence-corrected chi connectivity index (χ3v) is 1.97. The first-order chi connectivity index (χ1) is 7.81. The van der Waals surface area contributed by atoms with Crippen molar-refractivity contribution >= 4 is 5.71 Å². The minimum absolute atomic E-state index is 0.405. The molecule has 16 heavy (non-hydrogen) atoms. The zero-order chi connectivity index (χ0) is 11.8. The fourth-order valence-electron chi connectivity index (χ4n) is 1.22. The van der Waals surface area contributed by atoms with Crippen LogP contribution in [0.15, 0.2) is 23.7 Å². The molecule has 4 nitrogen and oxygen atoms in total. The first kappa shape index (κ1) is 12.5. The maximum atomic E-state index is 8.86. The summed E-state index contributed by atoms with van der Waals surface area (Å²) in [5.41, 5.74) is 9.26. The second-order valence-electron chi connectivity index (χ2n) is 3.43. The molecule has 0 fully saturated rings. The number of hydrogen-bond donors (Lipinski definition) is 0. The molecule has 1 aliphatic rings. The van der Waals surface area contributed by atoms with Crippen LogP contribution in [0.1, 0.15) is 26.7 Å². The van der Waals surface area contributed by atoms with Crippen LogP contribution in [0.4, 0.5) is 0 Å². The van der Waals surface area contributed by atoms with Crippen LogP contribution in [0.2, 0.25) is 0 Å². The van der Waals surface area contributed by atoms with E-state index in [4.69, 9.17) is 15.0 Å². The normalized spacial score (nSPS) is 15.0. The highest BCUT2D eigenvalue weighted by Gasteiger charge is 2.21. The predicted molar refractivity (Wildman–Crippen MR) is 61.6 cm³/mol. The summed E-state index contributed by atoms with van der Waals surface area (Å²) in [6, 6.07) is 0. The van der Waals surface area contributed by atoms with Gasteiger partial charge in [0.2, 0.25) is 5.76 Å². The lowest BCUT2D eigenvalue weighted by atomic mass is 10.1. The topological polar surface area (TPSA) is 54.9 Å². The monoisotopic (exact) mass is 221 g/mol. The Morgan fingerprint density at radius 3 is 2.50 bits per heavy atom. The quantitative estimate of drug-likeness (QED) is 0.511. The Bertz CT molecular complexity index is 339. The van der Waals surface area contributed by atoms with Gasteiger partial charge in [-0.15, -0.1) is 0 Å². The predicted octanol–water partition coefficient (Wildman–Crippen LogP) is 2.50. The highest BCUT2D eigenvalue weighted by molar-refractivity contribution is 6.04. The van der Waals surface area contributed by atoms with Crippen LogP contribution in [-0.4, -0.2) is 23.7 Å². The van der Waals surface area contributed by atoms with Crippen molar-refractivity contribution in [1.29, 1.82) is 0 Å². The Labute approximate surface area is 96.2 Å². The molecule has 87 valence electrons. The van der Waals surface area contributed by atoms with Gasteiger partial charge in [-0.25, -0.2) is 0 Å². The van der Waals surface area contributed by atoms with Crippen LogP contribution in [0.25, 0.3) is 5.53 Å². The van der Waals surface area contributed by atoms with Crippen molar-refractivity contribution in [3.63, 3.8) is 0 Å². The van der Waals surface area contributed by atoms with Gasteiger partial charge in [-0.2, -0.15) is 4.79 Å². The molecule has 0 unspecified atom stereocenters. The van der Waals surface area contributed by atoms with E-state index in [9.17, 15) is 0 Å². The third kappa shape index (κ3) is 3.55. The highest BCUT2D eigenvalue weighted by Crippen LogP contribution is 2.16. The lowest BCUT2D eigenvalue weighted by molar-refractivity contribution is -0.00834. The summed E-state index contributed by atoms with van der Waals surface area (Å²) in [4.78, 5) is 3.19. The molecule has 0 saturated carbocycles. The number of nitrogens with zero attached hydrogens (tertiary/aromatic N) is 2. The minimum atomic E-state index is 0.405. The van der Waals surface area contributed by atoms with Crippen LogP contribution >= 0.6 is 0 Å². The summed E-state index contributed by atoms with van der Waals surface area (Å²) in [7, 11) is 0. The molecule has 0 saturated heterocycles. The van der Waals surface area contributed by atoms with Crippen molar-refractivity contribution in [3.8, 4) is 0 Å². The van der Waals surface area contributed by atoms with E-state index in [1.54, 1.807) is 12.2 Å². The average molecular weight is 221 g/mol. The molecule has 0 amide bonds. The Hall–Kier alpha value is -1.54. The van der Waals surface area contributed by atoms with Crippen LogP contribution < -0.4 is 0 Å². The Balaban J connectivity index is 2.61. The third-order valence-electron chi connectivity index (χ3n) is 1.97. The first-order valence-electron chi connectivity index (χ1n) is 5.56. The van der Waals surface area contributed by atoms with E-state index in [1.807, 2.05) is 20.3 Å². The van der Waals surface area contributed by atoms with Gasteiger partial charge in [-0.1, -0.05) is 13.8 Å². The van der Waals surface area contributed by atoms with Crippen molar-refractivity contribution in [3.05, 3.63) is 35.6 Å². The van der Waals surface area contributed by atoms with E-state index in [-0.39, 0.29) is 0 Å². The lowest BCUT2D eigenvalue weighted by Crippen LogP contribution is -2.12. The van der Waals surface area contributed by atoms with Crippen LogP contribution in [-0.2, 0) is 9.47 Å². The Morgan fingerprint density at radius 2 is 1.88 bits per heavy atom. The number of rotatable bonds is 6. The van der Waals surface area contributed by atoms with E-state index in [0.29, 0.717) is 30.4 Å². The van der Waals surface area contributed by atoms with Gasteiger partial charge >= 0.3 is 5.71 Å². The molecular weight excluding hydrogens is 204 g/mol. The smallest absolute Gasteiger partial charge is 0.359 e. The summed E-state index contributed by atoms with van der Waals surface area (Å²) < 4.78 is 10.9. The van der Waals surface area contributed by atoms with E-state index in [2.05, 4.69) is 4.79 Å². The van der Waals surface area contributed by atoms with Crippen LogP contribution in [0.3, 0.4) is 0 Å². The largest absolute Gasteiger partial charge is 0.497 e. The molecule has 0 aliphatic heterocycles. The van der Waals surface area contributed by atoms with Crippen LogP contribution in [0.5, 0.6) is 0 Å². The molecule has 0 heterocycles. The van der Waals surface area contributed by atoms with Gasteiger partial charge in [0.15, 0.2) is 0 Å². The van der Waals surface area contributed by atoms with Gasteiger partial charge < -0.3 is 15.0 Å². The molecule has 0 aromatic heterocycles. The zero-order valence-corrected chi connectivity index (χ0v) is 9.77. The fraction of sp³-hybridized carbons (Fsp3) is 0.500. The molecule has 1 radical (unpaired) electrons. The van der Waals surface area contributed by atoms with E-state index >= 15 is 0 Å². The van der Waals surface area contributed by atoms with Gasteiger partial charge in [-0.05, 0) is 18.9 Å². The summed E-state index contributed by atoms with van der Waals surface area (Å²) >= 11 is 0. The van der Waals surface area contributed by atoms with Crippen molar-refractivity contribution in [2.45, 2.75) is 26.7 Å². The summed E-state index contributed by atoms with van der Waals surface area (Å²) in [6.45, 7) is 5.32. The Kier molecular flexibility index (Phi) is 5.37. The van der Waals surface area contributed by atoms with E-state index in [1.165, 1.54) is 0 Å². The molecule has 0 spiro atoms. The van der Waals surface area contributed by atoms with Gasteiger partial charge in [0.25, 0.3) is 0 Å². The Morgan fingerprint density at radius 1 is 1.19 bits per heavy atom.